The molecule has 64 heavy (non-hydrogen) atoms. The minimum absolute atomic E-state index is 1.16. The second kappa shape index (κ2) is 18.1. The zero-order chi connectivity index (χ0) is 45.4. The molecule has 0 N–H and O–H groups in total. The molecule has 0 unspecified atom stereocenters. The molecule has 0 bridgehead atoms. The van der Waals surface area contributed by atoms with Crippen LogP contribution in [-0.4, -0.2) is 0 Å². The van der Waals surface area contributed by atoms with Gasteiger partial charge in [-0.2, -0.15) is 0 Å². The molecular weight excluding hydrogens is 773 g/mol. The molecule has 0 aliphatic rings. The lowest BCUT2D eigenvalue weighted by atomic mass is 9.98. The third kappa shape index (κ3) is 8.97. The summed E-state index contributed by atoms with van der Waals surface area (Å²) in [4.78, 5) is 4.93. The fourth-order valence-corrected chi connectivity index (χ4v) is 10.2. The largest absolute Gasteiger partial charge is 0.309 e. The lowest BCUT2D eigenvalue weighted by molar-refractivity contribution is 1.16. The van der Waals surface area contributed by atoms with E-state index in [9.17, 15) is 0 Å². The van der Waals surface area contributed by atoms with Gasteiger partial charge < -0.3 is 9.80 Å². The van der Waals surface area contributed by atoms with Gasteiger partial charge in [-0.25, -0.2) is 0 Å². The quantitative estimate of drug-likeness (QED) is 0.127. The first-order valence-electron chi connectivity index (χ1n) is 22.7. The van der Waals surface area contributed by atoms with Crippen molar-refractivity contribution in [3.8, 4) is 22.3 Å². The van der Waals surface area contributed by atoms with Crippen LogP contribution >= 0.6 is 0 Å². The summed E-state index contributed by atoms with van der Waals surface area (Å²) < 4.78 is 0. The predicted octanol–water partition coefficient (Wildman–Crippen LogP) is 17.8. The zero-order valence-corrected chi connectivity index (χ0v) is 39.9. The molecule has 2 nitrogen and oxygen atoms in total. The van der Waals surface area contributed by atoms with Crippen LogP contribution in [0.25, 0.3) is 34.4 Å². The molecule has 0 aliphatic heterocycles. The van der Waals surface area contributed by atoms with Gasteiger partial charge in [-0.1, -0.05) is 156 Å². The topological polar surface area (TPSA) is 6.48 Å². The van der Waals surface area contributed by atoms with Crippen LogP contribution in [0.1, 0.15) is 77.9 Å². The number of nitrogens with zero attached hydrogens (tertiary/aromatic N) is 2. The standard InChI is InChI=1S/C62H62N2/c1-39-31-43(5)59(44(6)32-39)63(60-45(7)33-40(2)34-46(60)8)57-27-23-55(24-28-57)53-19-15-51(16-20-53)13-14-52-17-21-54(22-18-52)56-25-29-58(30-26-56)64(61-47(9)35-41(3)36-48(61)10)62-49(11)37-42(4)38-50(62)12/h13-38H,1-12H3. The minimum Gasteiger partial charge on any atom is -0.309 e. The summed E-state index contributed by atoms with van der Waals surface area (Å²) in [6, 6.07) is 54.2. The normalized spacial score (nSPS) is 11.4. The lowest BCUT2D eigenvalue weighted by Gasteiger charge is -2.32. The Morgan fingerprint density at radius 2 is 0.438 bits per heavy atom. The molecule has 8 rings (SSSR count). The molecule has 0 heterocycles. The molecule has 0 fully saturated rings. The van der Waals surface area contributed by atoms with Crippen molar-refractivity contribution in [1.29, 1.82) is 0 Å². The number of hydrogen-bond acceptors (Lipinski definition) is 2. The third-order valence-corrected chi connectivity index (χ3v) is 12.6. The molecule has 0 radical (unpaired) electrons. The highest BCUT2D eigenvalue weighted by Gasteiger charge is 2.23. The molecule has 0 amide bonds. The van der Waals surface area contributed by atoms with Crippen LogP contribution in [0.2, 0.25) is 0 Å². The fraction of sp³-hybridized carbons (Fsp3) is 0.194. The first-order valence-corrected chi connectivity index (χ1v) is 22.7. The van der Waals surface area contributed by atoms with E-state index in [-0.39, 0.29) is 0 Å². The van der Waals surface area contributed by atoms with Crippen LogP contribution < -0.4 is 9.80 Å². The van der Waals surface area contributed by atoms with Crippen molar-refractivity contribution in [2.24, 2.45) is 0 Å². The first-order chi connectivity index (χ1) is 30.6. The van der Waals surface area contributed by atoms with Crippen molar-refractivity contribution in [3.63, 3.8) is 0 Å². The number of benzene rings is 8. The van der Waals surface area contributed by atoms with Gasteiger partial charge in [0.25, 0.3) is 0 Å². The van der Waals surface area contributed by atoms with E-state index >= 15 is 0 Å². The van der Waals surface area contributed by atoms with Crippen molar-refractivity contribution >= 4 is 46.3 Å². The fourth-order valence-electron chi connectivity index (χ4n) is 10.2. The van der Waals surface area contributed by atoms with E-state index in [2.05, 4.69) is 251 Å². The Kier molecular flexibility index (Phi) is 12.3. The van der Waals surface area contributed by atoms with E-state index in [4.69, 9.17) is 0 Å². The maximum absolute atomic E-state index is 2.46. The highest BCUT2D eigenvalue weighted by molar-refractivity contribution is 5.87. The molecule has 0 saturated heterocycles. The first kappa shape index (κ1) is 43.7. The molecular formula is C62H62N2. The smallest absolute Gasteiger partial charge is 0.0520 e. The second-order valence-electron chi connectivity index (χ2n) is 18.3. The summed E-state index contributed by atoms with van der Waals surface area (Å²) in [6.07, 6.45) is 4.40. The van der Waals surface area contributed by atoms with Crippen molar-refractivity contribution in [1.82, 2.24) is 0 Å². The van der Waals surface area contributed by atoms with Gasteiger partial charge in [-0.3, -0.25) is 0 Å². The Bertz CT molecular complexity index is 2600. The van der Waals surface area contributed by atoms with E-state index in [1.807, 2.05) is 0 Å². The van der Waals surface area contributed by atoms with Crippen LogP contribution in [0.15, 0.2) is 146 Å². The molecule has 0 aromatic heterocycles. The Labute approximate surface area is 383 Å². The van der Waals surface area contributed by atoms with Crippen molar-refractivity contribution in [2.75, 3.05) is 9.80 Å². The van der Waals surface area contributed by atoms with Gasteiger partial charge in [0.2, 0.25) is 0 Å². The van der Waals surface area contributed by atoms with Gasteiger partial charge in [-0.05, 0) is 185 Å². The van der Waals surface area contributed by atoms with Crippen molar-refractivity contribution < 1.29 is 0 Å². The Hall–Kier alpha value is -6.90. The summed E-state index contributed by atoms with van der Waals surface area (Å²) in [7, 11) is 0. The van der Waals surface area contributed by atoms with Crippen LogP contribution in [0.3, 0.4) is 0 Å². The highest BCUT2D eigenvalue weighted by Crippen LogP contribution is 2.45. The van der Waals surface area contributed by atoms with Gasteiger partial charge >= 0.3 is 0 Å². The average Bonchev–Trinajstić information content (AvgIpc) is 3.24. The number of anilines is 6. The van der Waals surface area contributed by atoms with Gasteiger partial charge in [0.1, 0.15) is 0 Å². The maximum atomic E-state index is 2.46. The van der Waals surface area contributed by atoms with Gasteiger partial charge in [0, 0.05) is 11.4 Å². The SMILES string of the molecule is Cc1cc(C)c(N(c2ccc(-c3ccc(C=Cc4ccc(-c5ccc(N(c6c(C)cc(C)cc6C)c6c(C)cc(C)cc6C)cc5)cc4)cc3)cc2)c2c(C)cc(C)cc2C)c(C)c1. The molecule has 0 spiro atoms. The highest BCUT2D eigenvalue weighted by atomic mass is 15.2. The second-order valence-corrected chi connectivity index (χ2v) is 18.3. The van der Waals surface area contributed by atoms with Crippen LogP contribution in [-0.2, 0) is 0 Å². The molecule has 0 atom stereocenters. The van der Waals surface area contributed by atoms with Crippen LogP contribution in [0.4, 0.5) is 34.1 Å². The molecule has 8 aromatic rings. The number of rotatable bonds is 10. The molecule has 320 valence electrons. The van der Waals surface area contributed by atoms with Crippen molar-refractivity contribution in [2.45, 2.75) is 83.1 Å². The zero-order valence-electron chi connectivity index (χ0n) is 39.9. The number of hydrogen-bond donors (Lipinski definition) is 0. The lowest BCUT2D eigenvalue weighted by Crippen LogP contribution is -2.15. The molecule has 0 saturated carbocycles. The maximum Gasteiger partial charge on any atom is 0.0520 e. The summed E-state index contributed by atoms with van der Waals surface area (Å²) in [6.45, 7) is 26.6. The van der Waals surface area contributed by atoms with Crippen LogP contribution in [0, 0.1) is 83.1 Å². The molecule has 2 heteroatoms. The van der Waals surface area contributed by atoms with E-state index in [0.29, 0.717) is 0 Å². The summed E-state index contributed by atoms with van der Waals surface area (Å²) in [5, 5.41) is 0. The van der Waals surface area contributed by atoms with Gasteiger partial charge in [0.05, 0.1) is 22.7 Å². The Morgan fingerprint density at radius 3 is 0.641 bits per heavy atom. The molecule has 0 aliphatic carbocycles. The minimum atomic E-state index is 1.16. The van der Waals surface area contributed by atoms with E-state index in [0.717, 1.165) is 11.4 Å². The van der Waals surface area contributed by atoms with E-state index < -0.39 is 0 Å². The summed E-state index contributed by atoms with van der Waals surface area (Å²) in [5.41, 5.74) is 29.9. The third-order valence-electron chi connectivity index (χ3n) is 12.6. The average molecular weight is 835 g/mol. The predicted molar refractivity (Wildman–Crippen MR) is 279 cm³/mol. The van der Waals surface area contributed by atoms with Crippen LogP contribution in [0.5, 0.6) is 0 Å². The summed E-state index contributed by atoms with van der Waals surface area (Å²) in [5.74, 6) is 0. The molecule has 8 aromatic carbocycles. The van der Waals surface area contributed by atoms with Gasteiger partial charge in [0.15, 0.2) is 0 Å². The Morgan fingerprint density at radius 1 is 0.250 bits per heavy atom. The summed E-state index contributed by atoms with van der Waals surface area (Å²) >= 11 is 0. The monoisotopic (exact) mass is 834 g/mol. The number of aryl methyl sites for hydroxylation is 12. The van der Waals surface area contributed by atoms with E-state index in [1.54, 1.807) is 0 Å². The van der Waals surface area contributed by atoms with E-state index in [1.165, 1.54) is 123 Å². The van der Waals surface area contributed by atoms with Crippen molar-refractivity contribution in [3.05, 3.63) is 223 Å². The Balaban J connectivity index is 0.994. The van der Waals surface area contributed by atoms with Gasteiger partial charge in [-0.15, -0.1) is 0 Å².